The molecule has 0 saturated heterocycles. The van der Waals surface area contributed by atoms with Gasteiger partial charge in [0.1, 0.15) is 0 Å². The minimum Gasteiger partial charge on any atom is -0.371 e. The summed E-state index contributed by atoms with van der Waals surface area (Å²) in [7, 11) is 2.15. The number of hydrogen-bond acceptors (Lipinski definition) is 3. The Bertz CT molecular complexity index is 629. The number of nitrogens with two attached hydrogens (primary N) is 1. The fourth-order valence-electron chi connectivity index (χ4n) is 3.01. The molecule has 3 rings (SSSR count). The van der Waals surface area contributed by atoms with Gasteiger partial charge in [0.05, 0.1) is 17.4 Å². The highest BCUT2D eigenvalue weighted by atomic mass is 79.9. The highest BCUT2D eigenvalue weighted by molar-refractivity contribution is 9.10. The van der Waals surface area contributed by atoms with E-state index in [2.05, 4.69) is 81.3 Å². The summed E-state index contributed by atoms with van der Waals surface area (Å²) in [5.41, 5.74) is 9.90. The van der Waals surface area contributed by atoms with E-state index in [-0.39, 0.29) is 6.04 Å². The maximum atomic E-state index is 6.11. The van der Waals surface area contributed by atoms with E-state index < -0.39 is 0 Å². The first-order valence-corrected chi connectivity index (χ1v) is 8.02. The molecule has 1 aliphatic heterocycles. The Hall–Kier alpha value is -1.52. The van der Waals surface area contributed by atoms with Crippen LogP contribution in [0.5, 0.6) is 0 Å². The minimum atomic E-state index is 0.206. The fourth-order valence-corrected chi connectivity index (χ4v) is 3.43. The van der Waals surface area contributed by atoms with Gasteiger partial charge in [0, 0.05) is 31.2 Å². The average Bonchev–Trinajstić information content (AvgIpc) is 2.51. The van der Waals surface area contributed by atoms with Crippen LogP contribution in [0.4, 0.5) is 11.4 Å². The summed E-state index contributed by atoms with van der Waals surface area (Å²) in [5, 5.41) is 0. The highest BCUT2D eigenvalue weighted by Gasteiger charge is 2.26. The van der Waals surface area contributed by atoms with Crippen LogP contribution in [0.15, 0.2) is 53.0 Å². The number of hydrogen-bond donors (Lipinski definition) is 1. The van der Waals surface area contributed by atoms with Gasteiger partial charge in [-0.2, -0.15) is 0 Å². The molecule has 1 atom stereocenters. The van der Waals surface area contributed by atoms with Crippen LogP contribution in [-0.4, -0.2) is 26.7 Å². The molecular formula is C17H20BrN3. The fraction of sp³-hybridized carbons (Fsp3) is 0.294. The van der Waals surface area contributed by atoms with Gasteiger partial charge in [0.25, 0.3) is 0 Å². The largest absolute Gasteiger partial charge is 0.371 e. The number of benzene rings is 2. The lowest BCUT2D eigenvalue weighted by atomic mass is 10.0. The van der Waals surface area contributed by atoms with Crippen LogP contribution in [-0.2, 0) is 0 Å². The van der Waals surface area contributed by atoms with Crippen LogP contribution < -0.4 is 15.5 Å². The van der Waals surface area contributed by atoms with E-state index >= 15 is 0 Å². The molecule has 0 amide bonds. The average molecular weight is 346 g/mol. The molecule has 2 aromatic rings. The third-order valence-electron chi connectivity index (χ3n) is 4.11. The third kappa shape index (κ3) is 2.78. The number of para-hydroxylation sites is 2. The molecule has 2 aromatic carbocycles. The number of nitrogens with zero attached hydrogens (tertiary/aromatic N) is 2. The lowest BCUT2D eigenvalue weighted by molar-refractivity contribution is 0.610. The second kappa shape index (κ2) is 6.08. The van der Waals surface area contributed by atoms with Gasteiger partial charge in [0.2, 0.25) is 0 Å². The van der Waals surface area contributed by atoms with Crippen LogP contribution >= 0.6 is 15.9 Å². The van der Waals surface area contributed by atoms with E-state index in [4.69, 9.17) is 5.73 Å². The second-order valence-electron chi connectivity index (χ2n) is 5.41. The normalized spacial score (nSPS) is 15.8. The Morgan fingerprint density at radius 2 is 1.86 bits per heavy atom. The Labute approximate surface area is 134 Å². The van der Waals surface area contributed by atoms with E-state index in [0.29, 0.717) is 6.54 Å². The first-order valence-electron chi connectivity index (χ1n) is 7.23. The lowest BCUT2D eigenvalue weighted by Gasteiger charge is -2.41. The second-order valence-corrected chi connectivity index (χ2v) is 6.33. The van der Waals surface area contributed by atoms with Crippen LogP contribution in [0.25, 0.3) is 0 Å². The Morgan fingerprint density at radius 3 is 2.57 bits per heavy atom. The van der Waals surface area contributed by atoms with Gasteiger partial charge in [-0.15, -0.1) is 0 Å². The summed E-state index contributed by atoms with van der Waals surface area (Å²) in [4.78, 5) is 4.73. The Balaban J connectivity index is 2.01. The monoisotopic (exact) mass is 345 g/mol. The molecule has 110 valence electrons. The van der Waals surface area contributed by atoms with Gasteiger partial charge in [-0.05, 0) is 29.8 Å². The predicted molar refractivity (Wildman–Crippen MR) is 93.0 cm³/mol. The van der Waals surface area contributed by atoms with Gasteiger partial charge >= 0.3 is 0 Å². The molecule has 0 spiro atoms. The molecular weight excluding hydrogens is 326 g/mol. The van der Waals surface area contributed by atoms with E-state index in [1.807, 2.05) is 0 Å². The maximum absolute atomic E-state index is 6.11. The molecule has 1 unspecified atom stereocenters. The van der Waals surface area contributed by atoms with Crippen molar-refractivity contribution in [2.75, 3.05) is 36.5 Å². The smallest absolute Gasteiger partial charge is 0.0666 e. The summed E-state index contributed by atoms with van der Waals surface area (Å²) in [6, 6.07) is 17.2. The molecule has 21 heavy (non-hydrogen) atoms. The molecule has 1 heterocycles. The van der Waals surface area contributed by atoms with Crippen LogP contribution in [0.3, 0.4) is 0 Å². The SMILES string of the molecule is CN1CCN(C(CN)c2cccc(Br)c2)c2ccccc21. The highest BCUT2D eigenvalue weighted by Crippen LogP contribution is 2.37. The molecule has 1 aliphatic rings. The summed E-state index contributed by atoms with van der Waals surface area (Å²) < 4.78 is 1.10. The van der Waals surface area contributed by atoms with Crippen molar-refractivity contribution in [1.29, 1.82) is 0 Å². The summed E-state index contributed by atoms with van der Waals surface area (Å²) in [6.45, 7) is 2.61. The molecule has 3 nitrogen and oxygen atoms in total. The maximum Gasteiger partial charge on any atom is 0.0666 e. The van der Waals surface area contributed by atoms with E-state index in [1.54, 1.807) is 0 Å². The zero-order chi connectivity index (χ0) is 14.8. The van der Waals surface area contributed by atoms with Crippen molar-refractivity contribution in [3.8, 4) is 0 Å². The number of anilines is 2. The molecule has 0 aromatic heterocycles. The summed E-state index contributed by atoms with van der Waals surface area (Å²) in [5.74, 6) is 0. The van der Waals surface area contributed by atoms with Crippen molar-refractivity contribution < 1.29 is 0 Å². The number of halogens is 1. The summed E-state index contributed by atoms with van der Waals surface area (Å²) in [6.07, 6.45) is 0. The molecule has 0 aliphatic carbocycles. The molecule has 2 N–H and O–H groups in total. The van der Waals surface area contributed by atoms with Gasteiger partial charge < -0.3 is 15.5 Å². The van der Waals surface area contributed by atoms with Crippen molar-refractivity contribution in [3.63, 3.8) is 0 Å². The van der Waals surface area contributed by atoms with Crippen molar-refractivity contribution in [2.24, 2.45) is 5.73 Å². The molecule has 4 heteroatoms. The van der Waals surface area contributed by atoms with E-state index in [0.717, 1.165) is 17.6 Å². The number of rotatable bonds is 3. The lowest BCUT2D eigenvalue weighted by Crippen LogP contribution is -2.43. The Morgan fingerprint density at radius 1 is 1.10 bits per heavy atom. The molecule has 0 radical (unpaired) electrons. The van der Waals surface area contributed by atoms with Gasteiger partial charge in [-0.3, -0.25) is 0 Å². The molecule has 0 fully saturated rings. The van der Waals surface area contributed by atoms with Crippen molar-refractivity contribution in [3.05, 3.63) is 58.6 Å². The van der Waals surface area contributed by atoms with E-state index in [1.165, 1.54) is 16.9 Å². The topological polar surface area (TPSA) is 32.5 Å². The minimum absolute atomic E-state index is 0.206. The molecule has 0 saturated carbocycles. The number of likely N-dealkylation sites (N-methyl/N-ethyl adjacent to an activating group) is 1. The van der Waals surface area contributed by atoms with Crippen molar-refractivity contribution >= 4 is 27.3 Å². The Kier molecular flexibility index (Phi) is 4.17. The third-order valence-corrected chi connectivity index (χ3v) is 4.60. The standard InChI is InChI=1S/C17H20BrN3/c1-20-9-10-21(16-8-3-2-7-15(16)20)17(12-19)13-5-4-6-14(18)11-13/h2-8,11,17H,9-10,12,19H2,1H3. The zero-order valence-electron chi connectivity index (χ0n) is 12.2. The first-order chi connectivity index (χ1) is 10.2. The predicted octanol–water partition coefficient (Wildman–Crippen LogP) is 3.41. The number of fused-ring (bicyclic) bond motifs is 1. The van der Waals surface area contributed by atoms with Crippen molar-refractivity contribution in [2.45, 2.75) is 6.04 Å². The zero-order valence-corrected chi connectivity index (χ0v) is 13.8. The van der Waals surface area contributed by atoms with Crippen LogP contribution in [0.1, 0.15) is 11.6 Å². The van der Waals surface area contributed by atoms with Crippen LogP contribution in [0.2, 0.25) is 0 Å². The quantitative estimate of drug-likeness (QED) is 0.925. The molecule has 0 bridgehead atoms. The van der Waals surface area contributed by atoms with E-state index in [9.17, 15) is 0 Å². The van der Waals surface area contributed by atoms with Gasteiger partial charge in [-0.25, -0.2) is 0 Å². The first kappa shape index (κ1) is 14.4. The van der Waals surface area contributed by atoms with Gasteiger partial charge in [0.15, 0.2) is 0 Å². The van der Waals surface area contributed by atoms with Crippen molar-refractivity contribution in [1.82, 2.24) is 0 Å². The van der Waals surface area contributed by atoms with Crippen LogP contribution in [0, 0.1) is 0 Å². The van der Waals surface area contributed by atoms with Gasteiger partial charge in [-0.1, -0.05) is 40.2 Å². The summed E-state index contributed by atoms with van der Waals surface area (Å²) >= 11 is 3.56.